The molecular formula is C13H17ClFNO3. The Kier molecular flexibility index (Phi) is 6.42. The number of halogens is 2. The normalized spacial score (nSPS) is 10.3. The number of ether oxygens (including phenoxy) is 2. The molecule has 106 valence electrons. The van der Waals surface area contributed by atoms with Gasteiger partial charge in [-0.3, -0.25) is 0 Å². The number of benzene rings is 1. The van der Waals surface area contributed by atoms with Crippen LogP contribution in [0.25, 0.3) is 0 Å². The van der Waals surface area contributed by atoms with E-state index >= 15 is 0 Å². The van der Waals surface area contributed by atoms with E-state index in [2.05, 4.69) is 6.92 Å². The van der Waals surface area contributed by atoms with E-state index in [1.807, 2.05) is 0 Å². The summed E-state index contributed by atoms with van der Waals surface area (Å²) in [6, 6.07) is 2.28. The highest BCUT2D eigenvalue weighted by Gasteiger charge is 2.10. The number of hydrogen-bond acceptors (Lipinski definition) is 4. The van der Waals surface area contributed by atoms with E-state index in [0.717, 1.165) is 25.3 Å². The van der Waals surface area contributed by atoms with Crippen LogP contribution in [0.4, 0.5) is 10.1 Å². The second kappa shape index (κ2) is 7.84. The van der Waals surface area contributed by atoms with E-state index in [0.29, 0.717) is 6.61 Å². The zero-order valence-electron chi connectivity index (χ0n) is 10.7. The molecule has 0 aliphatic rings. The number of unbranched alkanes of at least 4 members (excludes halogenated alkanes) is 2. The van der Waals surface area contributed by atoms with Gasteiger partial charge in [0.1, 0.15) is 11.6 Å². The predicted octanol–water partition coefficient (Wildman–Crippen LogP) is 3.17. The van der Waals surface area contributed by atoms with Gasteiger partial charge in [-0.2, -0.15) is 0 Å². The lowest BCUT2D eigenvalue weighted by Crippen LogP contribution is -2.15. The first-order chi connectivity index (χ1) is 9.04. The quantitative estimate of drug-likeness (QED) is 0.476. The van der Waals surface area contributed by atoms with Crippen LogP contribution in [0.5, 0.6) is 5.75 Å². The second-order valence-corrected chi connectivity index (χ2v) is 4.43. The van der Waals surface area contributed by atoms with Crippen molar-refractivity contribution in [2.75, 3.05) is 18.9 Å². The van der Waals surface area contributed by atoms with Crippen molar-refractivity contribution in [1.82, 2.24) is 0 Å². The van der Waals surface area contributed by atoms with Gasteiger partial charge < -0.3 is 15.2 Å². The third-order valence-corrected chi connectivity index (χ3v) is 2.70. The maximum Gasteiger partial charge on any atom is 0.344 e. The molecule has 6 heteroatoms. The van der Waals surface area contributed by atoms with E-state index in [4.69, 9.17) is 26.8 Å². The fourth-order valence-electron chi connectivity index (χ4n) is 1.37. The Balaban J connectivity index is 2.40. The number of nitrogens with two attached hydrogens (primary N) is 1. The van der Waals surface area contributed by atoms with E-state index in [1.54, 1.807) is 0 Å². The maximum absolute atomic E-state index is 13.0. The molecule has 0 saturated carbocycles. The van der Waals surface area contributed by atoms with Gasteiger partial charge in [-0.15, -0.1) is 0 Å². The number of rotatable bonds is 7. The summed E-state index contributed by atoms with van der Waals surface area (Å²) in [6.45, 7) is 2.15. The van der Waals surface area contributed by atoms with Crippen LogP contribution in [0.3, 0.4) is 0 Å². The van der Waals surface area contributed by atoms with Gasteiger partial charge in [0, 0.05) is 6.07 Å². The Bertz CT molecular complexity index is 440. The van der Waals surface area contributed by atoms with Crippen molar-refractivity contribution in [2.45, 2.75) is 26.2 Å². The van der Waals surface area contributed by atoms with Crippen molar-refractivity contribution in [2.24, 2.45) is 0 Å². The molecule has 0 aliphatic heterocycles. The molecule has 0 amide bonds. The molecule has 0 atom stereocenters. The first kappa shape index (κ1) is 15.6. The summed E-state index contributed by atoms with van der Waals surface area (Å²) in [5.74, 6) is -0.958. The van der Waals surface area contributed by atoms with Gasteiger partial charge in [0.2, 0.25) is 0 Å². The van der Waals surface area contributed by atoms with Gasteiger partial charge in [0.15, 0.2) is 6.61 Å². The molecule has 1 aromatic rings. The average Bonchev–Trinajstić information content (AvgIpc) is 2.37. The smallest absolute Gasteiger partial charge is 0.344 e. The molecule has 1 aromatic carbocycles. The van der Waals surface area contributed by atoms with Crippen LogP contribution in [0.2, 0.25) is 5.02 Å². The highest BCUT2D eigenvalue weighted by molar-refractivity contribution is 6.32. The highest BCUT2D eigenvalue weighted by atomic mass is 35.5. The van der Waals surface area contributed by atoms with Crippen LogP contribution in [0.15, 0.2) is 12.1 Å². The van der Waals surface area contributed by atoms with Gasteiger partial charge in [-0.05, 0) is 12.5 Å². The van der Waals surface area contributed by atoms with Crippen molar-refractivity contribution >= 4 is 23.3 Å². The number of nitrogen functional groups attached to an aromatic ring is 1. The minimum atomic E-state index is -0.625. The zero-order valence-corrected chi connectivity index (χ0v) is 11.5. The van der Waals surface area contributed by atoms with Crippen molar-refractivity contribution in [3.05, 3.63) is 23.0 Å². The summed E-state index contributed by atoms with van der Waals surface area (Å²) in [6.07, 6.45) is 2.89. The maximum atomic E-state index is 13.0. The Labute approximate surface area is 116 Å². The summed E-state index contributed by atoms with van der Waals surface area (Å²) in [5.41, 5.74) is 5.29. The van der Waals surface area contributed by atoms with Crippen LogP contribution in [0, 0.1) is 5.82 Å². The molecule has 4 nitrogen and oxygen atoms in total. The molecule has 0 saturated heterocycles. The Morgan fingerprint density at radius 1 is 1.42 bits per heavy atom. The number of carbonyl (C=O) groups excluding carboxylic acids is 1. The van der Waals surface area contributed by atoms with Crippen LogP contribution >= 0.6 is 11.6 Å². The van der Waals surface area contributed by atoms with Gasteiger partial charge >= 0.3 is 5.97 Å². The first-order valence-corrected chi connectivity index (χ1v) is 6.45. The summed E-state index contributed by atoms with van der Waals surface area (Å²) in [5, 5.41) is 0.0606. The van der Waals surface area contributed by atoms with E-state index in [9.17, 15) is 9.18 Å². The SMILES string of the molecule is CCCCCOC(=O)COc1cc(N)c(F)cc1Cl. The van der Waals surface area contributed by atoms with Crippen molar-refractivity contribution in [3.8, 4) is 5.75 Å². The fourth-order valence-corrected chi connectivity index (χ4v) is 1.58. The number of esters is 1. The lowest BCUT2D eigenvalue weighted by Gasteiger charge is -2.09. The molecule has 0 aromatic heterocycles. The van der Waals surface area contributed by atoms with Gasteiger partial charge in [-0.25, -0.2) is 9.18 Å². The average molecular weight is 290 g/mol. The Hall–Kier alpha value is -1.49. The molecule has 0 aliphatic carbocycles. The zero-order chi connectivity index (χ0) is 14.3. The fraction of sp³-hybridized carbons (Fsp3) is 0.462. The topological polar surface area (TPSA) is 61.5 Å². The molecule has 1 rings (SSSR count). The standard InChI is InChI=1S/C13H17ClFNO3/c1-2-3-4-5-18-13(17)8-19-12-7-11(16)10(15)6-9(12)14/h6-7H,2-5,8,16H2,1H3. The van der Waals surface area contributed by atoms with Crippen LogP contribution in [-0.4, -0.2) is 19.2 Å². The molecular weight excluding hydrogens is 273 g/mol. The molecule has 0 unspecified atom stereocenters. The lowest BCUT2D eigenvalue weighted by molar-refractivity contribution is -0.146. The summed E-state index contributed by atoms with van der Waals surface area (Å²) in [7, 11) is 0. The van der Waals surface area contributed by atoms with Gasteiger partial charge in [0.25, 0.3) is 0 Å². The molecule has 0 fully saturated rings. The van der Waals surface area contributed by atoms with Crippen molar-refractivity contribution in [3.63, 3.8) is 0 Å². The Morgan fingerprint density at radius 3 is 2.84 bits per heavy atom. The highest BCUT2D eigenvalue weighted by Crippen LogP contribution is 2.28. The summed E-state index contributed by atoms with van der Waals surface area (Å²) in [4.78, 5) is 11.3. The number of hydrogen-bond donors (Lipinski definition) is 1. The summed E-state index contributed by atoms with van der Waals surface area (Å²) >= 11 is 5.76. The van der Waals surface area contributed by atoms with E-state index in [-0.39, 0.29) is 23.1 Å². The van der Waals surface area contributed by atoms with Gasteiger partial charge in [0.05, 0.1) is 17.3 Å². The minimum absolute atomic E-state index is 0.0606. The largest absolute Gasteiger partial charge is 0.480 e. The number of carbonyl (C=O) groups is 1. The van der Waals surface area contributed by atoms with Crippen LogP contribution < -0.4 is 10.5 Å². The van der Waals surface area contributed by atoms with Crippen LogP contribution in [0.1, 0.15) is 26.2 Å². The third-order valence-electron chi connectivity index (χ3n) is 2.41. The Morgan fingerprint density at radius 2 is 2.16 bits per heavy atom. The van der Waals surface area contributed by atoms with E-state index < -0.39 is 11.8 Å². The summed E-state index contributed by atoms with van der Waals surface area (Å²) < 4.78 is 23.1. The second-order valence-electron chi connectivity index (χ2n) is 4.02. The molecule has 19 heavy (non-hydrogen) atoms. The van der Waals surface area contributed by atoms with E-state index in [1.165, 1.54) is 6.07 Å². The third kappa shape index (κ3) is 5.34. The minimum Gasteiger partial charge on any atom is -0.480 e. The molecule has 0 bridgehead atoms. The molecule has 0 spiro atoms. The monoisotopic (exact) mass is 289 g/mol. The first-order valence-electron chi connectivity index (χ1n) is 6.07. The molecule has 0 heterocycles. The van der Waals surface area contributed by atoms with Crippen molar-refractivity contribution in [1.29, 1.82) is 0 Å². The van der Waals surface area contributed by atoms with Crippen molar-refractivity contribution < 1.29 is 18.7 Å². The molecule has 2 N–H and O–H groups in total. The molecule has 0 radical (unpaired) electrons. The predicted molar refractivity (Wildman–Crippen MR) is 71.8 cm³/mol. The lowest BCUT2D eigenvalue weighted by atomic mass is 10.3. The van der Waals surface area contributed by atoms with Gasteiger partial charge in [-0.1, -0.05) is 31.4 Å². The number of anilines is 1. The van der Waals surface area contributed by atoms with Crippen LogP contribution in [-0.2, 0) is 9.53 Å².